The first kappa shape index (κ1) is 15.6. The molecular weight excluding hydrogens is 288 g/mol. The molecule has 1 heterocycles. The van der Waals surface area contributed by atoms with Crippen molar-refractivity contribution in [3.63, 3.8) is 0 Å². The number of hydrogen-bond acceptors (Lipinski definition) is 1. The van der Waals surface area contributed by atoms with E-state index < -0.39 is 0 Å². The van der Waals surface area contributed by atoms with Gasteiger partial charge in [0.25, 0.3) is 5.91 Å². The van der Waals surface area contributed by atoms with E-state index in [1.54, 1.807) is 0 Å². The van der Waals surface area contributed by atoms with Crippen LogP contribution in [-0.4, -0.2) is 16.4 Å². The molecule has 1 aliphatic carbocycles. The van der Waals surface area contributed by atoms with Crippen molar-refractivity contribution in [1.82, 2.24) is 4.57 Å². The second-order valence-electron chi connectivity index (χ2n) is 6.51. The summed E-state index contributed by atoms with van der Waals surface area (Å²) >= 11 is 0. The van der Waals surface area contributed by atoms with E-state index in [1.807, 2.05) is 11.6 Å². The fraction of sp³-hybridized carbons (Fsp3) is 0.444. The Morgan fingerprint density at radius 3 is 2.22 bits per heavy atom. The van der Waals surface area contributed by atoms with Crippen molar-refractivity contribution in [3.8, 4) is 0 Å². The third-order valence-electron chi connectivity index (χ3n) is 5.27. The van der Waals surface area contributed by atoms with Crippen LogP contribution in [0.5, 0.6) is 0 Å². The number of carbonyl (C=O) groups is 1. The van der Waals surface area contributed by atoms with E-state index >= 15 is 0 Å². The molecule has 0 saturated carbocycles. The largest absolute Gasteiger partial charge is 0.370 e. The molecule has 0 aliphatic heterocycles. The highest BCUT2D eigenvalue weighted by atomic mass is 16.1. The summed E-state index contributed by atoms with van der Waals surface area (Å²) in [5, 5.41) is 1.25. The molecule has 0 spiro atoms. The predicted octanol–water partition coefficient (Wildman–Crippen LogP) is 2.40. The Balaban J connectivity index is 2.46. The van der Waals surface area contributed by atoms with Gasteiger partial charge in [-0.1, -0.05) is 0 Å². The quantitative estimate of drug-likeness (QED) is 0.626. The van der Waals surface area contributed by atoms with Crippen LogP contribution in [0.2, 0.25) is 0 Å². The number of carbonyl (C=O) groups excluding carboxylic acids is 1. The Labute approximate surface area is 136 Å². The van der Waals surface area contributed by atoms with Gasteiger partial charge in [0.15, 0.2) is 5.96 Å². The molecule has 4 N–H and O–H groups in total. The van der Waals surface area contributed by atoms with Crippen molar-refractivity contribution in [2.45, 2.75) is 46.5 Å². The zero-order valence-electron chi connectivity index (χ0n) is 14.3. The van der Waals surface area contributed by atoms with Gasteiger partial charge in [0.2, 0.25) is 0 Å². The van der Waals surface area contributed by atoms with E-state index in [0.29, 0.717) is 5.69 Å². The summed E-state index contributed by atoms with van der Waals surface area (Å²) in [5.74, 6) is -0.536. The molecule has 0 saturated heterocycles. The lowest BCUT2D eigenvalue weighted by Crippen LogP contribution is -2.25. The first-order chi connectivity index (χ1) is 10.8. The van der Waals surface area contributed by atoms with E-state index in [0.717, 1.165) is 36.8 Å². The molecule has 2 aromatic rings. The smallest absolute Gasteiger partial charge is 0.297 e. The normalized spacial score (nSPS) is 13.9. The minimum atomic E-state index is -0.346. The van der Waals surface area contributed by atoms with Gasteiger partial charge in [-0.05, 0) is 74.3 Å². The summed E-state index contributed by atoms with van der Waals surface area (Å²) in [6.07, 6.45) is 4.18. The van der Waals surface area contributed by atoms with Crippen LogP contribution in [0.3, 0.4) is 0 Å². The van der Waals surface area contributed by atoms with Gasteiger partial charge < -0.3 is 16.0 Å². The molecular formula is C18H24N4O. The number of aryl methyl sites for hydroxylation is 4. The maximum absolute atomic E-state index is 12.6. The van der Waals surface area contributed by atoms with Crippen molar-refractivity contribution in [2.24, 2.45) is 23.5 Å². The van der Waals surface area contributed by atoms with Gasteiger partial charge >= 0.3 is 0 Å². The van der Waals surface area contributed by atoms with Crippen molar-refractivity contribution < 1.29 is 4.79 Å². The Hall–Kier alpha value is -2.30. The average Bonchev–Trinajstić information content (AvgIpc) is 2.62. The number of guanidine groups is 1. The van der Waals surface area contributed by atoms with Crippen molar-refractivity contribution in [3.05, 3.63) is 33.5 Å². The van der Waals surface area contributed by atoms with E-state index in [1.165, 1.54) is 27.6 Å². The number of nitrogens with two attached hydrogens (primary N) is 2. The minimum absolute atomic E-state index is 0.189. The highest BCUT2D eigenvalue weighted by molar-refractivity contribution is 6.07. The predicted molar refractivity (Wildman–Crippen MR) is 93.9 cm³/mol. The monoisotopic (exact) mass is 312 g/mol. The van der Waals surface area contributed by atoms with Gasteiger partial charge in [0.05, 0.1) is 5.52 Å². The highest BCUT2D eigenvalue weighted by Gasteiger charge is 2.27. The molecule has 5 heteroatoms. The number of rotatable bonds is 1. The highest BCUT2D eigenvalue weighted by Crippen LogP contribution is 2.38. The first-order valence-corrected chi connectivity index (χ1v) is 8.08. The zero-order valence-corrected chi connectivity index (χ0v) is 14.3. The topological polar surface area (TPSA) is 86.4 Å². The van der Waals surface area contributed by atoms with Crippen LogP contribution in [0.1, 0.15) is 51.1 Å². The number of amides is 1. The Morgan fingerprint density at radius 2 is 1.61 bits per heavy atom. The molecule has 3 rings (SSSR count). The molecule has 1 aromatic carbocycles. The van der Waals surface area contributed by atoms with Crippen LogP contribution in [0.4, 0.5) is 0 Å². The van der Waals surface area contributed by atoms with Crippen LogP contribution >= 0.6 is 0 Å². The second kappa shape index (κ2) is 5.41. The third-order valence-corrected chi connectivity index (χ3v) is 5.27. The summed E-state index contributed by atoms with van der Waals surface area (Å²) in [4.78, 5) is 16.4. The summed E-state index contributed by atoms with van der Waals surface area (Å²) in [6.45, 7) is 6.48. The van der Waals surface area contributed by atoms with Gasteiger partial charge in [-0.2, -0.15) is 4.99 Å². The minimum Gasteiger partial charge on any atom is -0.370 e. The lowest BCUT2D eigenvalue weighted by molar-refractivity contribution is 0.0994. The molecule has 1 aromatic heterocycles. The Kier molecular flexibility index (Phi) is 3.66. The van der Waals surface area contributed by atoms with Gasteiger partial charge in [0, 0.05) is 12.4 Å². The Morgan fingerprint density at radius 1 is 1.00 bits per heavy atom. The summed E-state index contributed by atoms with van der Waals surface area (Å²) in [6, 6.07) is 0. The fourth-order valence-electron chi connectivity index (χ4n) is 3.98. The average molecular weight is 312 g/mol. The van der Waals surface area contributed by atoms with Crippen LogP contribution < -0.4 is 11.5 Å². The number of hydrogen-bond donors (Lipinski definition) is 2. The second-order valence-corrected chi connectivity index (χ2v) is 6.51. The molecule has 0 unspecified atom stereocenters. The number of aliphatic imine (C=N–C) groups is 1. The Bertz CT molecular complexity index is 854. The van der Waals surface area contributed by atoms with E-state index in [4.69, 9.17) is 11.5 Å². The van der Waals surface area contributed by atoms with Gasteiger partial charge in [-0.25, -0.2) is 0 Å². The zero-order chi connectivity index (χ0) is 16.9. The fourth-order valence-corrected chi connectivity index (χ4v) is 3.98. The molecule has 0 bridgehead atoms. The van der Waals surface area contributed by atoms with Crippen LogP contribution in [0, 0.1) is 20.8 Å². The molecule has 122 valence electrons. The standard InChI is InChI=1S/C18H24N4O/c1-9-10(2)12-7-5-6-8-13-14(12)15(11(9)3)22(4)16(13)17(23)21-18(19)20/h5-8H2,1-4H3,(H4,19,20,21,23). The van der Waals surface area contributed by atoms with Crippen LogP contribution in [0.15, 0.2) is 4.99 Å². The SMILES string of the molecule is Cc1c(C)c(C)c2c3c1CCCCc3c(C(=O)N=C(N)N)n2C. The maximum atomic E-state index is 12.6. The molecule has 5 nitrogen and oxygen atoms in total. The molecule has 0 fully saturated rings. The molecule has 1 amide bonds. The van der Waals surface area contributed by atoms with Crippen molar-refractivity contribution >= 4 is 22.8 Å². The van der Waals surface area contributed by atoms with E-state index in [2.05, 4.69) is 25.8 Å². The molecule has 0 radical (unpaired) electrons. The number of nitrogens with zero attached hydrogens (tertiary/aromatic N) is 2. The molecule has 23 heavy (non-hydrogen) atoms. The number of benzene rings is 1. The van der Waals surface area contributed by atoms with Crippen molar-refractivity contribution in [2.75, 3.05) is 0 Å². The third kappa shape index (κ3) is 2.22. The van der Waals surface area contributed by atoms with E-state index in [-0.39, 0.29) is 11.9 Å². The van der Waals surface area contributed by atoms with Crippen molar-refractivity contribution in [1.29, 1.82) is 0 Å². The van der Waals surface area contributed by atoms with Gasteiger partial charge in [-0.3, -0.25) is 4.79 Å². The molecule has 1 aliphatic rings. The lowest BCUT2D eigenvalue weighted by atomic mass is 9.91. The maximum Gasteiger partial charge on any atom is 0.297 e. The van der Waals surface area contributed by atoms with E-state index in [9.17, 15) is 4.79 Å². The van der Waals surface area contributed by atoms with Gasteiger partial charge in [0.1, 0.15) is 5.69 Å². The first-order valence-electron chi connectivity index (χ1n) is 8.08. The summed E-state index contributed by atoms with van der Waals surface area (Å²) in [5.41, 5.74) is 19.0. The molecule has 0 atom stereocenters. The van der Waals surface area contributed by atoms with Crippen LogP contribution in [0.25, 0.3) is 10.9 Å². The summed E-state index contributed by atoms with van der Waals surface area (Å²) < 4.78 is 1.98. The van der Waals surface area contributed by atoms with Gasteiger partial charge in [-0.15, -0.1) is 0 Å². The number of aromatic nitrogens is 1. The lowest BCUT2D eigenvalue weighted by Gasteiger charge is -2.14. The van der Waals surface area contributed by atoms with Crippen LogP contribution in [-0.2, 0) is 19.9 Å². The summed E-state index contributed by atoms with van der Waals surface area (Å²) in [7, 11) is 1.94.